The highest BCUT2D eigenvalue weighted by atomic mass is 14.8. The maximum Gasteiger partial charge on any atom is 0.0334 e. The molecule has 1 atom stereocenters. The lowest BCUT2D eigenvalue weighted by Gasteiger charge is -2.23. The molecule has 130 valence electrons. The molecule has 0 fully saturated rings. The second kappa shape index (κ2) is 13.8. The minimum atomic E-state index is 0.573. The van der Waals surface area contributed by atoms with Crippen molar-refractivity contribution in [3.63, 3.8) is 0 Å². The van der Waals surface area contributed by atoms with Crippen LogP contribution in [-0.2, 0) is 0 Å². The second-order valence-electron chi connectivity index (χ2n) is 6.66. The van der Waals surface area contributed by atoms with Crippen LogP contribution < -0.4 is 5.32 Å². The van der Waals surface area contributed by atoms with Crippen LogP contribution in [0.25, 0.3) is 0 Å². The maximum atomic E-state index is 8.18. The van der Waals surface area contributed by atoms with Crippen LogP contribution >= 0.6 is 0 Å². The van der Waals surface area contributed by atoms with Gasteiger partial charge in [0.15, 0.2) is 0 Å². The van der Waals surface area contributed by atoms with Crippen molar-refractivity contribution in [1.29, 1.82) is 5.41 Å². The van der Waals surface area contributed by atoms with Crippen molar-refractivity contribution in [2.45, 2.75) is 98.3 Å². The summed E-state index contributed by atoms with van der Waals surface area (Å²) in [5.41, 5.74) is 3.22. The van der Waals surface area contributed by atoms with E-state index in [9.17, 15) is 0 Å². The van der Waals surface area contributed by atoms with E-state index in [-0.39, 0.29) is 0 Å². The van der Waals surface area contributed by atoms with E-state index in [2.05, 4.69) is 26.1 Å². The minimum absolute atomic E-state index is 0.573. The van der Waals surface area contributed by atoms with E-state index in [1.807, 2.05) is 14.0 Å². The maximum absolute atomic E-state index is 8.18. The van der Waals surface area contributed by atoms with Gasteiger partial charge in [-0.2, -0.15) is 0 Å². The van der Waals surface area contributed by atoms with E-state index in [0.29, 0.717) is 5.92 Å². The Morgan fingerprint density at radius 1 is 0.818 bits per heavy atom. The summed E-state index contributed by atoms with van der Waals surface area (Å²) >= 11 is 0. The molecule has 0 aliphatic rings. The Kier molecular flexibility index (Phi) is 13.3. The van der Waals surface area contributed by atoms with Gasteiger partial charge in [-0.25, -0.2) is 0 Å². The van der Waals surface area contributed by atoms with Gasteiger partial charge in [0.05, 0.1) is 0 Å². The van der Waals surface area contributed by atoms with Gasteiger partial charge in [0.25, 0.3) is 0 Å². The largest absolute Gasteiger partial charge is 0.391 e. The van der Waals surface area contributed by atoms with Gasteiger partial charge in [0.2, 0.25) is 0 Å². The molecule has 0 aliphatic carbocycles. The second-order valence-corrected chi connectivity index (χ2v) is 6.66. The number of unbranched alkanes of at least 4 members (excludes halogenated alkanes) is 7. The summed E-state index contributed by atoms with van der Waals surface area (Å²) in [7, 11) is 1.98. The van der Waals surface area contributed by atoms with Crippen molar-refractivity contribution in [2.24, 2.45) is 5.92 Å². The van der Waals surface area contributed by atoms with Gasteiger partial charge in [-0.05, 0) is 38.2 Å². The lowest BCUT2D eigenvalue weighted by molar-refractivity contribution is 0.458. The van der Waals surface area contributed by atoms with Crippen LogP contribution in [0.1, 0.15) is 98.3 Å². The fraction of sp³-hybridized carbons (Fsp3) is 0.850. The third-order valence-electron chi connectivity index (χ3n) is 4.65. The van der Waals surface area contributed by atoms with Crippen molar-refractivity contribution in [3.05, 3.63) is 11.3 Å². The van der Waals surface area contributed by atoms with Crippen molar-refractivity contribution in [3.8, 4) is 0 Å². The highest BCUT2D eigenvalue weighted by molar-refractivity contribution is 5.96. The normalized spacial score (nSPS) is 13.7. The smallest absolute Gasteiger partial charge is 0.0334 e. The Hall–Kier alpha value is -0.790. The molecule has 0 aliphatic heterocycles. The number of allylic oxidation sites excluding steroid dienone is 2. The first-order chi connectivity index (χ1) is 10.6. The van der Waals surface area contributed by atoms with Crippen LogP contribution in [0.15, 0.2) is 11.3 Å². The van der Waals surface area contributed by atoms with Crippen molar-refractivity contribution in [2.75, 3.05) is 7.05 Å². The molecule has 0 bridgehead atoms. The fourth-order valence-corrected chi connectivity index (χ4v) is 3.27. The molecule has 0 amide bonds. The quantitative estimate of drug-likeness (QED) is 0.280. The predicted molar refractivity (Wildman–Crippen MR) is 101 cm³/mol. The van der Waals surface area contributed by atoms with Crippen LogP contribution in [0, 0.1) is 11.3 Å². The first-order valence-corrected chi connectivity index (χ1v) is 9.52. The number of hydrogen-bond donors (Lipinski definition) is 2. The van der Waals surface area contributed by atoms with Crippen LogP contribution in [-0.4, -0.2) is 12.8 Å². The molecular formula is C20H40N2. The molecule has 1 unspecified atom stereocenters. The number of nitrogens with one attached hydrogen (secondary N) is 2. The summed E-state index contributed by atoms with van der Waals surface area (Å²) in [4.78, 5) is 0. The van der Waals surface area contributed by atoms with Crippen LogP contribution in [0.2, 0.25) is 0 Å². The summed E-state index contributed by atoms with van der Waals surface area (Å²) < 4.78 is 0. The van der Waals surface area contributed by atoms with Crippen molar-refractivity contribution < 1.29 is 0 Å². The Bertz CT molecular complexity index is 318. The Morgan fingerprint density at radius 3 is 1.68 bits per heavy atom. The average Bonchev–Trinajstić information content (AvgIpc) is 2.50. The molecule has 0 spiro atoms. The highest BCUT2D eigenvalue weighted by Crippen LogP contribution is 2.28. The van der Waals surface area contributed by atoms with Crippen LogP contribution in [0.4, 0.5) is 0 Å². The molecular weight excluding hydrogens is 268 g/mol. The molecule has 0 heterocycles. The van der Waals surface area contributed by atoms with Gasteiger partial charge < -0.3 is 10.7 Å². The van der Waals surface area contributed by atoms with Gasteiger partial charge >= 0.3 is 0 Å². The molecule has 2 heteroatoms. The molecule has 0 radical (unpaired) electrons. The lowest BCUT2D eigenvalue weighted by atomic mass is 9.84. The van der Waals surface area contributed by atoms with Gasteiger partial charge in [-0.1, -0.05) is 71.6 Å². The fourth-order valence-electron chi connectivity index (χ4n) is 3.27. The van der Waals surface area contributed by atoms with E-state index in [0.717, 1.165) is 5.71 Å². The molecule has 2 N–H and O–H groups in total. The monoisotopic (exact) mass is 308 g/mol. The number of hydrogen-bond acceptors (Lipinski definition) is 2. The molecule has 0 aromatic heterocycles. The first-order valence-electron chi connectivity index (χ1n) is 9.52. The Balaban J connectivity index is 4.64. The molecule has 0 saturated carbocycles. The molecule has 0 aromatic carbocycles. The Morgan fingerprint density at radius 2 is 1.27 bits per heavy atom. The third-order valence-corrected chi connectivity index (χ3v) is 4.65. The molecule has 22 heavy (non-hydrogen) atoms. The van der Waals surface area contributed by atoms with Gasteiger partial charge in [-0.15, -0.1) is 0 Å². The topological polar surface area (TPSA) is 35.9 Å². The van der Waals surface area contributed by atoms with Crippen molar-refractivity contribution in [1.82, 2.24) is 5.32 Å². The van der Waals surface area contributed by atoms with Gasteiger partial charge in [-0.3, -0.25) is 0 Å². The van der Waals surface area contributed by atoms with E-state index in [1.54, 1.807) is 0 Å². The molecule has 0 rings (SSSR count). The van der Waals surface area contributed by atoms with E-state index >= 15 is 0 Å². The summed E-state index contributed by atoms with van der Waals surface area (Å²) in [5.74, 6) is 0.573. The van der Waals surface area contributed by atoms with E-state index < -0.39 is 0 Å². The standard InChI is InChI=1S/C20H40N2/c1-6-8-10-12-14-16-19(15-13-11-9-7-2)20(17(3)21)18(4)22-5/h19,21-22H,6-16H2,1-5H3/b20-18+,21-17?. The first kappa shape index (κ1) is 21.2. The predicted octanol–water partition coefficient (Wildman–Crippen LogP) is 6.47. The minimum Gasteiger partial charge on any atom is -0.391 e. The van der Waals surface area contributed by atoms with Crippen molar-refractivity contribution >= 4 is 5.71 Å². The highest BCUT2D eigenvalue weighted by Gasteiger charge is 2.18. The Labute approximate surface area is 139 Å². The lowest BCUT2D eigenvalue weighted by Crippen LogP contribution is -2.18. The van der Waals surface area contributed by atoms with E-state index in [1.165, 1.54) is 81.9 Å². The summed E-state index contributed by atoms with van der Waals surface area (Å²) in [5, 5.41) is 11.5. The molecule has 0 saturated heterocycles. The average molecular weight is 309 g/mol. The van der Waals surface area contributed by atoms with Crippen LogP contribution in [0.3, 0.4) is 0 Å². The SMILES string of the molecule is CCCCCCCC(CCCCCC)/C(C(C)=N)=C(\C)NC. The zero-order valence-corrected chi connectivity index (χ0v) is 15.9. The van der Waals surface area contributed by atoms with Gasteiger partial charge in [0.1, 0.15) is 0 Å². The molecule has 2 nitrogen and oxygen atoms in total. The molecule has 0 aromatic rings. The third kappa shape index (κ3) is 9.27. The summed E-state index contributed by atoms with van der Waals surface area (Å²) in [6.45, 7) is 8.62. The van der Waals surface area contributed by atoms with E-state index in [4.69, 9.17) is 5.41 Å². The van der Waals surface area contributed by atoms with Gasteiger partial charge in [0, 0.05) is 18.5 Å². The zero-order valence-electron chi connectivity index (χ0n) is 15.9. The summed E-state index contributed by atoms with van der Waals surface area (Å²) in [6, 6.07) is 0. The van der Waals surface area contributed by atoms with Crippen LogP contribution in [0.5, 0.6) is 0 Å². The number of rotatable bonds is 14. The summed E-state index contributed by atoms with van der Waals surface area (Å²) in [6.07, 6.45) is 14.5. The zero-order chi connectivity index (χ0) is 16.8.